The van der Waals surface area contributed by atoms with Crippen molar-refractivity contribution in [3.05, 3.63) is 17.4 Å². The second kappa shape index (κ2) is 6.93. The highest BCUT2D eigenvalue weighted by molar-refractivity contribution is 7.88. The van der Waals surface area contributed by atoms with E-state index in [0.29, 0.717) is 6.54 Å². The molecule has 0 saturated heterocycles. The number of carbonyl (C=O) groups excluding carboxylic acids is 1. The van der Waals surface area contributed by atoms with Crippen LogP contribution in [0.3, 0.4) is 0 Å². The fourth-order valence-electron chi connectivity index (χ4n) is 1.78. The summed E-state index contributed by atoms with van der Waals surface area (Å²) in [5.74, 6) is -1.28. The van der Waals surface area contributed by atoms with Crippen LogP contribution in [0.2, 0.25) is 0 Å². The van der Waals surface area contributed by atoms with Crippen LogP contribution in [-0.4, -0.2) is 61.8 Å². The molecule has 0 bridgehead atoms. The summed E-state index contributed by atoms with van der Waals surface area (Å²) in [4.78, 5) is 24.3. The molecule has 1 heterocycles. The van der Waals surface area contributed by atoms with Crippen molar-refractivity contribution in [2.45, 2.75) is 25.4 Å². The molecule has 0 radical (unpaired) electrons. The van der Waals surface area contributed by atoms with E-state index < -0.39 is 21.9 Å². The number of carboxylic acid groups (broad SMARTS) is 1. The summed E-state index contributed by atoms with van der Waals surface area (Å²) in [7, 11) is -1.05. The molecule has 22 heavy (non-hydrogen) atoms. The Morgan fingerprint density at radius 3 is 2.36 bits per heavy atom. The molecule has 1 N–H and O–H groups in total. The number of nitrogens with zero attached hydrogens (tertiary/aromatic N) is 2. The Labute approximate surface area is 129 Å². The zero-order chi connectivity index (χ0) is 17.1. The number of rotatable bonds is 7. The molecule has 0 fully saturated rings. The second-order valence-corrected chi connectivity index (χ2v) is 6.93. The lowest BCUT2D eigenvalue weighted by molar-refractivity contribution is -0.137. The van der Waals surface area contributed by atoms with Gasteiger partial charge in [0, 0.05) is 33.3 Å². The number of carbonyl (C=O) groups is 2. The summed E-state index contributed by atoms with van der Waals surface area (Å²) in [6, 6.07) is 1.18. The number of carboxylic acids is 1. The van der Waals surface area contributed by atoms with Gasteiger partial charge in [0.25, 0.3) is 15.9 Å². The second-order valence-electron chi connectivity index (χ2n) is 4.85. The molecular formula is C13H20N2O6S. The third-order valence-electron chi connectivity index (χ3n) is 3.13. The third-order valence-corrected chi connectivity index (χ3v) is 4.80. The van der Waals surface area contributed by atoms with Crippen LogP contribution in [0.1, 0.15) is 29.5 Å². The van der Waals surface area contributed by atoms with Crippen molar-refractivity contribution in [2.75, 3.05) is 27.2 Å². The zero-order valence-electron chi connectivity index (χ0n) is 13.0. The third kappa shape index (κ3) is 3.86. The van der Waals surface area contributed by atoms with Gasteiger partial charge >= 0.3 is 5.97 Å². The van der Waals surface area contributed by atoms with E-state index in [1.807, 2.05) is 0 Å². The van der Waals surface area contributed by atoms with Gasteiger partial charge in [-0.2, -0.15) is 0 Å². The molecule has 124 valence electrons. The topological polar surface area (TPSA) is 108 Å². The number of aliphatic carboxylic acids is 1. The van der Waals surface area contributed by atoms with Gasteiger partial charge in [-0.25, -0.2) is 12.7 Å². The molecular weight excluding hydrogens is 312 g/mol. The van der Waals surface area contributed by atoms with Gasteiger partial charge in [0.05, 0.1) is 12.0 Å². The first kappa shape index (κ1) is 18.2. The summed E-state index contributed by atoms with van der Waals surface area (Å²) in [6.07, 6.45) is -0.181. The van der Waals surface area contributed by atoms with E-state index in [1.165, 1.54) is 32.0 Å². The average molecular weight is 332 g/mol. The summed E-state index contributed by atoms with van der Waals surface area (Å²) in [5.41, 5.74) is 0.118. The first-order chi connectivity index (χ1) is 10.1. The highest BCUT2D eigenvalue weighted by Gasteiger charge is 2.27. The van der Waals surface area contributed by atoms with Crippen LogP contribution >= 0.6 is 0 Å². The molecule has 0 atom stereocenters. The molecule has 0 aliphatic heterocycles. The lowest BCUT2D eigenvalue weighted by Gasteiger charge is -2.19. The van der Waals surface area contributed by atoms with Crippen molar-refractivity contribution in [3.8, 4) is 0 Å². The molecule has 9 heteroatoms. The number of furan rings is 1. The Kier molecular flexibility index (Phi) is 5.72. The fourth-order valence-corrected chi connectivity index (χ4v) is 2.64. The summed E-state index contributed by atoms with van der Waals surface area (Å²) < 4.78 is 30.2. The summed E-state index contributed by atoms with van der Waals surface area (Å²) in [5, 5.41) is 8.38. The van der Waals surface area contributed by atoms with Crippen LogP contribution < -0.4 is 0 Å². The first-order valence-corrected chi connectivity index (χ1v) is 8.09. The van der Waals surface area contributed by atoms with E-state index in [4.69, 9.17) is 9.52 Å². The Morgan fingerprint density at radius 1 is 1.32 bits per heavy atom. The van der Waals surface area contributed by atoms with Crippen molar-refractivity contribution < 1.29 is 27.5 Å². The van der Waals surface area contributed by atoms with Crippen molar-refractivity contribution in [1.82, 2.24) is 9.21 Å². The summed E-state index contributed by atoms with van der Waals surface area (Å²) >= 11 is 0. The van der Waals surface area contributed by atoms with Gasteiger partial charge in [-0.05, 0) is 13.8 Å². The summed E-state index contributed by atoms with van der Waals surface area (Å²) in [6.45, 7) is 3.57. The molecule has 0 aromatic carbocycles. The minimum atomic E-state index is -3.77. The van der Waals surface area contributed by atoms with Gasteiger partial charge in [-0.1, -0.05) is 0 Å². The number of aryl methyl sites for hydroxylation is 1. The SMILES string of the molecule is CCN(CCC(=O)O)C(=O)c1cc(S(=O)(=O)N(C)C)oc1C. The van der Waals surface area contributed by atoms with Crippen molar-refractivity contribution in [2.24, 2.45) is 0 Å². The van der Waals surface area contributed by atoms with E-state index in [1.54, 1.807) is 6.92 Å². The molecule has 1 amide bonds. The predicted molar refractivity (Wildman–Crippen MR) is 78.1 cm³/mol. The van der Waals surface area contributed by atoms with Gasteiger partial charge in [-0.15, -0.1) is 0 Å². The van der Waals surface area contributed by atoms with Gasteiger partial charge < -0.3 is 14.4 Å². The average Bonchev–Trinajstić information content (AvgIpc) is 2.81. The molecule has 1 aromatic rings. The zero-order valence-corrected chi connectivity index (χ0v) is 13.8. The monoisotopic (exact) mass is 332 g/mol. The number of hydrogen-bond donors (Lipinski definition) is 1. The molecule has 1 rings (SSSR count). The van der Waals surface area contributed by atoms with E-state index in [0.717, 1.165) is 4.31 Å². The van der Waals surface area contributed by atoms with Crippen molar-refractivity contribution in [3.63, 3.8) is 0 Å². The van der Waals surface area contributed by atoms with Gasteiger partial charge in [0.15, 0.2) is 0 Å². The molecule has 0 saturated carbocycles. The largest absolute Gasteiger partial charge is 0.481 e. The predicted octanol–water partition coefficient (Wildman–Crippen LogP) is 0.775. The van der Waals surface area contributed by atoms with Gasteiger partial charge in [0.1, 0.15) is 5.76 Å². The Hall–Kier alpha value is -1.87. The fraction of sp³-hybridized carbons (Fsp3) is 0.538. The van der Waals surface area contributed by atoms with E-state index in [9.17, 15) is 18.0 Å². The van der Waals surface area contributed by atoms with Crippen molar-refractivity contribution >= 4 is 21.9 Å². The van der Waals surface area contributed by atoms with Crippen molar-refractivity contribution in [1.29, 1.82) is 0 Å². The van der Waals surface area contributed by atoms with Gasteiger partial charge in [0.2, 0.25) is 5.09 Å². The maximum Gasteiger partial charge on any atom is 0.305 e. The standard InChI is InChI=1S/C13H20N2O6S/c1-5-15(7-6-11(16)17)13(18)10-8-12(21-9(10)2)22(19,20)14(3)4/h8H,5-7H2,1-4H3,(H,16,17). The van der Waals surface area contributed by atoms with E-state index in [-0.39, 0.29) is 29.4 Å². The highest BCUT2D eigenvalue weighted by Crippen LogP contribution is 2.22. The maximum absolute atomic E-state index is 12.4. The minimum Gasteiger partial charge on any atom is -0.481 e. The molecule has 1 aromatic heterocycles. The number of amides is 1. The molecule has 0 aliphatic rings. The Bertz CT molecular complexity index is 662. The number of sulfonamides is 1. The molecule has 0 spiro atoms. The molecule has 8 nitrogen and oxygen atoms in total. The first-order valence-electron chi connectivity index (χ1n) is 6.65. The highest BCUT2D eigenvalue weighted by atomic mass is 32.2. The van der Waals surface area contributed by atoms with Crippen LogP contribution in [0.4, 0.5) is 0 Å². The van der Waals surface area contributed by atoms with Crippen LogP contribution in [0.25, 0.3) is 0 Å². The Balaban J connectivity index is 3.09. The van der Waals surface area contributed by atoms with E-state index >= 15 is 0 Å². The molecule has 0 aliphatic carbocycles. The lowest BCUT2D eigenvalue weighted by Crippen LogP contribution is -2.33. The smallest absolute Gasteiger partial charge is 0.305 e. The molecule has 0 unspecified atom stereocenters. The van der Waals surface area contributed by atoms with Gasteiger partial charge in [-0.3, -0.25) is 9.59 Å². The van der Waals surface area contributed by atoms with Crippen LogP contribution in [-0.2, 0) is 14.8 Å². The van der Waals surface area contributed by atoms with E-state index in [2.05, 4.69) is 0 Å². The van der Waals surface area contributed by atoms with Crippen LogP contribution in [0, 0.1) is 6.92 Å². The quantitative estimate of drug-likeness (QED) is 0.790. The normalized spacial score (nSPS) is 11.7. The van der Waals surface area contributed by atoms with Crippen LogP contribution in [0.15, 0.2) is 15.6 Å². The van der Waals surface area contributed by atoms with Crippen LogP contribution in [0.5, 0.6) is 0 Å². The maximum atomic E-state index is 12.4. The Morgan fingerprint density at radius 2 is 1.91 bits per heavy atom. The lowest BCUT2D eigenvalue weighted by atomic mass is 10.2. The minimum absolute atomic E-state index is 0.0467. The number of hydrogen-bond acceptors (Lipinski definition) is 5.